The fourth-order valence-electron chi connectivity index (χ4n) is 2.34. The summed E-state index contributed by atoms with van der Waals surface area (Å²) in [5.41, 5.74) is 0. The van der Waals surface area contributed by atoms with E-state index in [9.17, 15) is 0 Å². The Morgan fingerprint density at radius 1 is 1.50 bits per heavy atom. The van der Waals surface area contributed by atoms with Gasteiger partial charge in [0.1, 0.15) is 0 Å². The van der Waals surface area contributed by atoms with Crippen molar-refractivity contribution in [3.63, 3.8) is 0 Å². The molecule has 1 aliphatic carbocycles. The van der Waals surface area contributed by atoms with Crippen LogP contribution in [0.5, 0.6) is 0 Å². The molecule has 0 aromatic carbocycles. The largest absolute Gasteiger partial charge is 0.380 e. The van der Waals surface area contributed by atoms with Gasteiger partial charge in [0.15, 0.2) is 0 Å². The Labute approximate surface area is 86.8 Å². The lowest BCUT2D eigenvalue weighted by atomic mass is 10.1. The maximum Gasteiger partial charge on any atom is 0.0670 e. The van der Waals surface area contributed by atoms with Gasteiger partial charge in [0, 0.05) is 39.3 Å². The van der Waals surface area contributed by atoms with Crippen molar-refractivity contribution in [3.05, 3.63) is 0 Å². The first kappa shape index (κ1) is 10.4. The number of hydrogen-bond acceptors (Lipinski definition) is 3. The number of nitrogens with one attached hydrogen (secondary N) is 1. The van der Waals surface area contributed by atoms with Crippen molar-refractivity contribution in [2.24, 2.45) is 5.92 Å². The average Bonchev–Trinajstić information content (AvgIpc) is 3.02. The average molecular weight is 198 g/mol. The molecule has 0 aromatic heterocycles. The molecular formula is C11H22N2O. The van der Waals surface area contributed by atoms with Gasteiger partial charge in [-0.05, 0) is 25.7 Å². The molecular weight excluding hydrogens is 176 g/mol. The van der Waals surface area contributed by atoms with E-state index in [0.29, 0.717) is 6.10 Å². The van der Waals surface area contributed by atoms with Crippen LogP contribution in [0.15, 0.2) is 0 Å². The quantitative estimate of drug-likeness (QED) is 0.720. The maximum atomic E-state index is 5.34. The highest BCUT2D eigenvalue weighted by molar-refractivity contribution is 4.92. The molecule has 1 N–H and O–H groups in total. The molecule has 3 nitrogen and oxygen atoms in total. The Morgan fingerprint density at radius 3 is 2.93 bits per heavy atom. The van der Waals surface area contributed by atoms with Crippen LogP contribution in [0, 0.1) is 5.92 Å². The molecule has 2 atom stereocenters. The Balaban J connectivity index is 1.85. The second-order valence-corrected chi connectivity index (χ2v) is 4.65. The fraction of sp³-hybridized carbons (Fsp3) is 1.00. The Morgan fingerprint density at radius 2 is 2.29 bits per heavy atom. The summed E-state index contributed by atoms with van der Waals surface area (Å²) < 4.78 is 5.34. The molecule has 3 heteroatoms. The van der Waals surface area contributed by atoms with Crippen LogP contribution in [0.2, 0.25) is 0 Å². The van der Waals surface area contributed by atoms with Gasteiger partial charge in [-0.1, -0.05) is 0 Å². The predicted octanol–water partition coefficient (Wildman–Crippen LogP) is 0.705. The summed E-state index contributed by atoms with van der Waals surface area (Å²) in [5, 5.41) is 3.49. The monoisotopic (exact) mass is 198 g/mol. The summed E-state index contributed by atoms with van der Waals surface area (Å²) in [6, 6.07) is 0.779. The molecule has 2 aliphatic rings. The Bertz CT molecular complexity index is 182. The molecule has 2 rings (SSSR count). The number of hydrogen-bond donors (Lipinski definition) is 1. The van der Waals surface area contributed by atoms with Gasteiger partial charge >= 0.3 is 0 Å². The minimum Gasteiger partial charge on any atom is -0.380 e. The van der Waals surface area contributed by atoms with E-state index in [2.05, 4.69) is 17.1 Å². The molecule has 2 unspecified atom stereocenters. The molecule has 0 amide bonds. The summed E-state index contributed by atoms with van der Waals surface area (Å²) in [6.07, 6.45) is 3.24. The van der Waals surface area contributed by atoms with Crippen LogP contribution in [0.4, 0.5) is 0 Å². The van der Waals surface area contributed by atoms with Crippen molar-refractivity contribution < 1.29 is 4.74 Å². The van der Waals surface area contributed by atoms with Crippen molar-refractivity contribution in [1.29, 1.82) is 0 Å². The standard InChI is InChI=1S/C11H22N2O/c1-9(14-2)8-13-6-5-12-7-11(13)10-3-4-10/h9-12H,3-8H2,1-2H3. The van der Waals surface area contributed by atoms with Gasteiger partial charge in [-0.3, -0.25) is 4.90 Å². The summed E-state index contributed by atoms with van der Waals surface area (Å²) >= 11 is 0. The molecule has 82 valence electrons. The summed E-state index contributed by atoms with van der Waals surface area (Å²) in [6.45, 7) is 6.76. The molecule has 14 heavy (non-hydrogen) atoms. The van der Waals surface area contributed by atoms with E-state index in [0.717, 1.165) is 25.0 Å². The molecule has 1 saturated carbocycles. The minimum absolute atomic E-state index is 0.370. The van der Waals surface area contributed by atoms with Crippen LogP contribution in [0.3, 0.4) is 0 Å². The topological polar surface area (TPSA) is 24.5 Å². The van der Waals surface area contributed by atoms with Crippen molar-refractivity contribution in [2.45, 2.75) is 31.9 Å². The number of piperazine rings is 1. The van der Waals surface area contributed by atoms with Crippen molar-refractivity contribution >= 4 is 0 Å². The smallest absolute Gasteiger partial charge is 0.0670 e. The number of nitrogens with zero attached hydrogens (tertiary/aromatic N) is 1. The molecule has 1 heterocycles. The highest BCUT2D eigenvalue weighted by Gasteiger charge is 2.36. The molecule has 1 saturated heterocycles. The van der Waals surface area contributed by atoms with Crippen LogP contribution in [0.1, 0.15) is 19.8 Å². The minimum atomic E-state index is 0.370. The van der Waals surface area contributed by atoms with E-state index in [-0.39, 0.29) is 0 Å². The third kappa shape index (κ3) is 2.47. The van der Waals surface area contributed by atoms with E-state index in [1.165, 1.54) is 25.9 Å². The second-order valence-electron chi connectivity index (χ2n) is 4.65. The van der Waals surface area contributed by atoms with Gasteiger partial charge in [0.05, 0.1) is 6.10 Å². The van der Waals surface area contributed by atoms with E-state index in [4.69, 9.17) is 4.74 Å². The molecule has 0 bridgehead atoms. The van der Waals surface area contributed by atoms with Crippen molar-refractivity contribution in [1.82, 2.24) is 10.2 Å². The summed E-state index contributed by atoms with van der Waals surface area (Å²) in [7, 11) is 1.80. The SMILES string of the molecule is COC(C)CN1CCNCC1C1CC1. The van der Waals surface area contributed by atoms with Crippen LogP contribution in [-0.4, -0.2) is 50.3 Å². The first-order chi connectivity index (χ1) is 6.81. The van der Waals surface area contributed by atoms with E-state index in [1.807, 2.05) is 0 Å². The molecule has 0 spiro atoms. The zero-order valence-electron chi connectivity index (χ0n) is 9.33. The van der Waals surface area contributed by atoms with Gasteiger partial charge in [-0.15, -0.1) is 0 Å². The van der Waals surface area contributed by atoms with Crippen LogP contribution >= 0.6 is 0 Å². The normalized spacial score (nSPS) is 31.7. The van der Waals surface area contributed by atoms with Crippen LogP contribution in [-0.2, 0) is 4.74 Å². The predicted molar refractivity (Wildman–Crippen MR) is 57.4 cm³/mol. The zero-order chi connectivity index (χ0) is 9.97. The Kier molecular flexibility index (Phi) is 3.42. The summed E-state index contributed by atoms with van der Waals surface area (Å²) in [5.74, 6) is 0.965. The van der Waals surface area contributed by atoms with Gasteiger partial charge in [-0.2, -0.15) is 0 Å². The van der Waals surface area contributed by atoms with Crippen LogP contribution in [0.25, 0.3) is 0 Å². The lowest BCUT2D eigenvalue weighted by molar-refractivity contribution is 0.0455. The van der Waals surface area contributed by atoms with Gasteiger partial charge in [0.2, 0.25) is 0 Å². The molecule has 2 fully saturated rings. The first-order valence-electron chi connectivity index (χ1n) is 5.79. The van der Waals surface area contributed by atoms with Gasteiger partial charge in [-0.25, -0.2) is 0 Å². The highest BCUT2D eigenvalue weighted by atomic mass is 16.5. The lowest BCUT2D eigenvalue weighted by Gasteiger charge is -2.37. The fourth-order valence-corrected chi connectivity index (χ4v) is 2.34. The third-order valence-corrected chi connectivity index (χ3v) is 3.46. The van der Waals surface area contributed by atoms with E-state index >= 15 is 0 Å². The van der Waals surface area contributed by atoms with Gasteiger partial charge < -0.3 is 10.1 Å². The van der Waals surface area contributed by atoms with Crippen LogP contribution < -0.4 is 5.32 Å². The van der Waals surface area contributed by atoms with Crippen molar-refractivity contribution in [2.75, 3.05) is 33.3 Å². The number of ether oxygens (including phenoxy) is 1. The molecule has 0 radical (unpaired) electrons. The third-order valence-electron chi connectivity index (χ3n) is 3.46. The van der Waals surface area contributed by atoms with Crippen molar-refractivity contribution in [3.8, 4) is 0 Å². The van der Waals surface area contributed by atoms with Gasteiger partial charge in [0.25, 0.3) is 0 Å². The maximum absolute atomic E-state index is 5.34. The molecule has 1 aliphatic heterocycles. The highest BCUT2D eigenvalue weighted by Crippen LogP contribution is 2.35. The summed E-state index contributed by atoms with van der Waals surface area (Å²) in [4.78, 5) is 2.61. The Hall–Kier alpha value is -0.120. The number of rotatable bonds is 4. The van der Waals surface area contributed by atoms with E-state index in [1.54, 1.807) is 7.11 Å². The second kappa shape index (κ2) is 4.60. The zero-order valence-corrected chi connectivity index (χ0v) is 9.33. The first-order valence-corrected chi connectivity index (χ1v) is 5.79. The van der Waals surface area contributed by atoms with E-state index < -0.39 is 0 Å². The lowest BCUT2D eigenvalue weighted by Crippen LogP contribution is -2.54. The molecule has 0 aromatic rings. The number of methoxy groups -OCH3 is 1.